The minimum Gasteiger partial charge on any atom is -0.451 e. The molecule has 3 aromatic rings. The van der Waals surface area contributed by atoms with Gasteiger partial charge in [0.1, 0.15) is 5.58 Å². The van der Waals surface area contributed by atoms with Gasteiger partial charge in [-0.15, -0.1) is 0 Å². The lowest BCUT2D eigenvalue weighted by Gasteiger charge is -2.08. The SMILES string of the molecule is Cc1ccc2oc(C(=O)Nc3cnn(CCN(C)C)c3)c(C)c2c1. The molecule has 0 aliphatic heterocycles. The zero-order valence-electron chi connectivity index (χ0n) is 14.5. The lowest BCUT2D eigenvalue weighted by Crippen LogP contribution is -2.18. The van der Waals surface area contributed by atoms with Crippen molar-refractivity contribution in [3.05, 3.63) is 47.5 Å². The van der Waals surface area contributed by atoms with Gasteiger partial charge in [0.25, 0.3) is 5.91 Å². The standard InChI is InChI=1S/C18H22N4O2/c1-12-5-6-16-15(9-12)13(2)17(24-16)18(23)20-14-10-19-22(11-14)8-7-21(3)4/h5-6,9-11H,7-8H2,1-4H3,(H,20,23). The summed E-state index contributed by atoms with van der Waals surface area (Å²) < 4.78 is 7.54. The summed E-state index contributed by atoms with van der Waals surface area (Å²) in [6.07, 6.45) is 3.47. The topological polar surface area (TPSA) is 63.3 Å². The molecule has 1 aromatic carbocycles. The number of likely N-dealkylation sites (N-methyl/N-ethyl adjacent to an activating group) is 1. The fourth-order valence-corrected chi connectivity index (χ4v) is 2.59. The van der Waals surface area contributed by atoms with Crippen LogP contribution >= 0.6 is 0 Å². The lowest BCUT2D eigenvalue weighted by molar-refractivity contribution is 0.0998. The molecule has 6 heteroatoms. The highest BCUT2D eigenvalue weighted by Crippen LogP contribution is 2.26. The molecule has 0 fully saturated rings. The van der Waals surface area contributed by atoms with Gasteiger partial charge in [-0.05, 0) is 40.1 Å². The smallest absolute Gasteiger partial charge is 0.291 e. The Bertz CT molecular complexity index is 876. The Morgan fingerprint density at radius 3 is 2.88 bits per heavy atom. The average molecular weight is 326 g/mol. The number of aryl methyl sites for hydroxylation is 2. The second-order valence-corrected chi connectivity index (χ2v) is 6.31. The Morgan fingerprint density at radius 1 is 1.33 bits per heavy atom. The number of amides is 1. The number of nitrogens with zero attached hydrogens (tertiary/aromatic N) is 3. The van der Waals surface area contributed by atoms with E-state index in [2.05, 4.69) is 15.3 Å². The molecule has 0 unspecified atom stereocenters. The summed E-state index contributed by atoms with van der Waals surface area (Å²) in [5, 5.41) is 8.08. The van der Waals surface area contributed by atoms with E-state index in [4.69, 9.17) is 4.42 Å². The summed E-state index contributed by atoms with van der Waals surface area (Å²) in [5.41, 5.74) is 3.38. The van der Waals surface area contributed by atoms with E-state index in [9.17, 15) is 4.79 Å². The third kappa shape index (κ3) is 3.33. The van der Waals surface area contributed by atoms with Gasteiger partial charge in [-0.3, -0.25) is 9.48 Å². The minimum atomic E-state index is -0.256. The van der Waals surface area contributed by atoms with Gasteiger partial charge in [0.05, 0.1) is 18.4 Å². The maximum absolute atomic E-state index is 12.5. The van der Waals surface area contributed by atoms with Crippen molar-refractivity contribution >= 4 is 22.6 Å². The Labute approximate surface area is 141 Å². The molecule has 0 atom stereocenters. The fraction of sp³-hybridized carbons (Fsp3) is 0.333. The maximum Gasteiger partial charge on any atom is 0.291 e. The molecule has 2 heterocycles. The number of carbonyl (C=O) groups is 1. The molecule has 0 saturated heterocycles. The molecule has 0 radical (unpaired) electrons. The zero-order valence-corrected chi connectivity index (χ0v) is 14.5. The normalized spacial score (nSPS) is 11.4. The Hall–Kier alpha value is -2.60. The molecule has 0 spiro atoms. The number of rotatable bonds is 5. The quantitative estimate of drug-likeness (QED) is 0.783. The molecule has 0 aliphatic rings. The maximum atomic E-state index is 12.5. The summed E-state index contributed by atoms with van der Waals surface area (Å²) in [6.45, 7) is 5.58. The van der Waals surface area contributed by atoms with Crippen molar-refractivity contribution in [3.63, 3.8) is 0 Å². The molecule has 0 aliphatic carbocycles. The van der Waals surface area contributed by atoms with Crippen LogP contribution in [0, 0.1) is 13.8 Å². The van der Waals surface area contributed by atoms with Gasteiger partial charge in [0.15, 0.2) is 5.76 Å². The number of carbonyl (C=O) groups excluding carboxylic acids is 1. The number of aromatic nitrogens is 2. The van der Waals surface area contributed by atoms with Gasteiger partial charge in [-0.25, -0.2) is 0 Å². The number of anilines is 1. The van der Waals surface area contributed by atoms with Crippen LogP contribution in [0.4, 0.5) is 5.69 Å². The van der Waals surface area contributed by atoms with E-state index in [1.54, 1.807) is 6.20 Å². The van der Waals surface area contributed by atoms with Crippen LogP contribution in [0.1, 0.15) is 21.7 Å². The predicted molar refractivity (Wildman–Crippen MR) is 94.4 cm³/mol. The number of furan rings is 1. The van der Waals surface area contributed by atoms with E-state index in [1.165, 1.54) is 0 Å². The average Bonchev–Trinajstić information content (AvgIpc) is 3.10. The van der Waals surface area contributed by atoms with Crippen molar-refractivity contribution in [3.8, 4) is 0 Å². The first-order valence-electron chi connectivity index (χ1n) is 7.92. The molecule has 24 heavy (non-hydrogen) atoms. The monoisotopic (exact) mass is 326 g/mol. The van der Waals surface area contributed by atoms with E-state index < -0.39 is 0 Å². The van der Waals surface area contributed by atoms with Crippen LogP contribution in [0.25, 0.3) is 11.0 Å². The van der Waals surface area contributed by atoms with Gasteiger partial charge < -0.3 is 14.6 Å². The number of benzene rings is 1. The Morgan fingerprint density at radius 2 is 2.12 bits per heavy atom. The summed E-state index contributed by atoms with van der Waals surface area (Å²) in [4.78, 5) is 14.6. The molecular weight excluding hydrogens is 304 g/mol. The third-order valence-corrected chi connectivity index (χ3v) is 3.97. The minimum absolute atomic E-state index is 0.256. The molecule has 1 amide bonds. The number of hydrogen-bond donors (Lipinski definition) is 1. The van der Waals surface area contributed by atoms with Crippen LogP contribution in [0.3, 0.4) is 0 Å². The van der Waals surface area contributed by atoms with Gasteiger partial charge in [-0.2, -0.15) is 5.10 Å². The van der Waals surface area contributed by atoms with Crippen LogP contribution in [0.2, 0.25) is 0 Å². The van der Waals surface area contributed by atoms with Crippen LogP contribution in [0.5, 0.6) is 0 Å². The zero-order chi connectivity index (χ0) is 17.3. The first-order chi connectivity index (χ1) is 11.4. The van der Waals surface area contributed by atoms with Crippen LogP contribution in [0.15, 0.2) is 35.0 Å². The highest BCUT2D eigenvalue weighted by Gasteiger charge is 2.18. The van der Waals surface area contributed by atoms with Crippen LogP contribution < -0.4 is 5.32 Å². The van der Waals surface area contributed by atoms with Crippen LogP contribution in [-0.2, 0) is 6.54 Å². The van der Waals surface area contributed by atoms with Gasteiger partial charge in [-0.1, -0.05) is 11.6 Å². The lowest BCUT2D eigenvalue weighted by atomic mass is 10.1. The molecule has 0 bridgehead atoms. The van der Waals surface area contributed by atoms with E-state index in [0.29, 0.717) is 11.4 Å². The molecule has 126 valence electrons. The highest BCUT2D eigenvalue weighted by atomic mass is 16.3. The van der Waals surface area contributed by atoms with Gasteiger partial charge >= 0.3 is 0 Å². The molecule has 3 rings (SSSR count). The number of hydrogen-bond acceptors (Lipinski definition) is 4. The Balaban J connectivity index is 1.77. The van der Waals surface area contributed by atoms with Crippen molar-refractivity contribution in [2.24, 2.45) is 0 Å². The number of nitrogens with one attached hydrogen (secondary N) is 1. The Kier molecular flexibility index (Phi) is 4.40. The summed E-state index contributed by atoms with van der Waals surface area (Å²) >= 11 is 0. The molecule has 0 saturated carbocycles. The molecule has 2 aromatic heterocycles. The second kappa shape index (κ2) is 6.49. The number of fused-ring (bicyclic) bond motifs is 1. The van der Waals surface area contributed by atoms with Crippen molar-refractivity contribution in [2.45, 2.75) is 20.4 Å². The summed E-state index contributed by atoms with van der Waals surface area (Å²) in [5.74, 6) is 0.0881. The molecule has 1 N–H and O–H groups in total. The first-order valence-corrected chi connectivity index (χ1v) is 7.92. The van der Waals surface area contributed by atoms with Crippen molar-refractivity contribution in [1.29, 1.82) is 0 Å². The van der Waals surface area contributed by atoms with Gasteiger partial charge in [0.2, 0.25) is 0 Å². The highest BCUT2D eigenvalue weighted by molar-refractivity contribution is 6.06. The third-order valence-electron chi connectivity index (χ3n) is 3.97. The molecule has 6 nitrogen and oxygen atoms in total. The predicted octanol–water partition coefficient (Wildman–Crippen LogP) is 3.06. The van der Waals surface area contributed by atoms with Crippen molar-refractivity contribution in [2.75, 3.05) is 26.0 Å². The summed E-state index contributed by atoms with van der Waals surface area (Å²) in [6, 6.07) is 5.90. The fourth-order valence-electron chi connectivity index (χ4n) is 2.59. The van der Waals surface area contributed by atoms with Crippen molar-refractivity contribution in [1.82, 2.24) is 14.7 Å². The van der Waals surface area contributed by atoms with E-state index in [0.717, 1.165) is 35.2 Å². The van der Waals surface area contributed by atoms with Crippen LogP contribution in [-0.4, -0.2) is 41.2 Å². The summed E-state index contributed by atoms with van der Waals surface area (Å²) in [7, 11) is 4.02. The first kappa shape index (κ1) is 16.3. The van der Waals surface area contributed by atoms with Crippen molar-refractivity contribution < 1.29 is 9.21 Å². The van der Waals surface area contributed by atoms with E-state index in [-0.39, 0.29) is 5.91 Å². The van der Waals surface area contributed by atoms with E-state index >= 15 is 0 Å². The molecular formula is C18H22N4O2. The van der Waals surface area contributed by atoms with E-state index in [1.807, 2.05) is 57.0 Å². The second-order valence-electron chi connectivity index (χ2n) is 6.31. The van der Waals surface area contributed by atoms with Gasteiger partial charge in [0, 0.05) is 23.7 Å². The largest absolute Gasteiger partial charge is 0.451 e.